The van der Waals surface area contributed by atoms with Gasteiger partial charge >= 0.3 is 8.80 Å². The molecule has 0 saturated carbocycles. The van der Waals surface area contributed by atoms with Crippen molar-refractivity contribution in [2.45, 2.75) is 78.7 Å². The maximum absolute atomic E-state index is 6.64. The predicted molar refractivity (Wildman–Crippen MR) is 106 cm³/mol. The van der Waals surface area contributed by atoms with Crippen LogP contribution in [0.5, 0.6) is 0 Å². The zero-order valence-corrected chi connectivity index (χ0v) is 17.8. The lowest BCUT2D eigenvalue weighted by molar-refractivity contribution is 0.0150. The molecule has 0 radical (unpaired) electrons. The van der Waals surface area contributed by atoms with E-state index in [0.29, 0.717) is 6.54 Å². The fourth-order valence-electron chi connectivity index (χ4n) is 2.83. The van der Waals surface area contributed by atoms with E-state index in [0.717, 1.165) is 17.2 Å². The van der Waals surface area contributed by atoms with Gasteiger partial charge in [-0.1, -0.05) is 31.2 Å². The minimum atomic E-state index is -3.18. The zero-order chi connectivity index (χ0) is 19.3. The number of hydrogen-bond acceptors (Lipinski definition) is 5. The van der Waals surface area contributed by atoms with Gasteiger partial charge in [0, 0.05) is 30.0 Å². The highest BCUT2D eigenvalue weighted by atomic mass is 28.4. The third kappa shape index (κ3) is 5.61. The molecule has 0 aromatic heterocycles. The maximum atomic E-state index is 6.64. The third-order valence-corrected chi connectivity index (χ3v) is 7.40. The van der Waals surface area contributed by atoms with Crippen LogP contribution in [-0.4, -0.2) is 33.7 Å². The molecule has 25 heavy (non-hydrogen) atoms. The fourth-order valence-corrected chi connectivity index (χ4v) is 6.21. The molecule has 0 aliphatic heterocycles. The van der Waals surface area contributed by atoms with Crippen molar-refractivity contribution in [3.8, 4) is 0 Å². The lowest BCUT2D eigenvalue weighted by atomic mass is 9.88. The van der Waals surface area contributed by atoms with Gasteiger partial charge in [0.05, 0.1) is 5.54 Å². The van der Waals surface area contributed by atoms with Gasteiger partial charge in [-0.3, -0.25) is 0 Å². The summed E-state index contributed by atoms with van der Waals surface area (Å²) < 4.78 is 19.1. The minimum absolute atomic E-state index is 0.0381. The molecule has 0 spiro atoms. The lowest BCUT2D eigenvalue weighted by Crippen LogP contribution is -2.63. The quantitative estimate of drug-likeness (QED) is 0.621. The summed E-state index contributed by atoms with van der Waals surface area (Å²) >= 11 is 0. The predicted octanol–water partition coefficient (Wildman–Crippen LogP) is 2.63. The molecule has 4 N–H and O–H groups in total. The second kappa shape index (κ2) is 9.25. The monoisotopic (exact) mass is 368 g/mol. The molecule has 0 aliphatic rings. The molecule has 0 fully saturated rings. The van der Waals surface area contributed by atoms with E-state index in [9.17, 15) is 0 Å². The smallest absolute Gasteiger partial charge is 0.367 e. The van der Waals surface area contributed by atoms with Crippen LogP contribution in [0.2, 0.25) is 0 Å². The standard InChI is InChI=1S/C19H36N2O3Si/c1-8-19(21,13-20)17-11-9-10-12-18(17)25(22-14(2)3,23-15(4)5)24-16(6)7/h9-12,14-16H,8,13,20-21H2,1-7H3. The largest absolute Gasteiger partial charge is 0.538 e. The average molecular weight is 369 g/mol. The van der Waals surface area contributed by atoms with Crippen LogP contribution in [0.15, 0.2) is 24.3 Å². The van der Waals surface area contributed by atoms with Crippen LogP contribution in [0, 0.1) is 0 Å². The van der Waals surface area contributed by atoms with E-state index in [1.54, 1.807) is 0 Å². The maximum Gasteiger partial charge on any atom is 0.538 e. The van der Waals surface area contributed by atoms with Crippen molar-refractivity contribution in [3.63, 3.8) is 0 Å². The Morgan fingerprint density at radius 1 is 0.920 bits per heavy atom. The molecule has 5 nitrogen and oxygen atoms in total. The molecule has 1 unspecified atom stereocenters. The number of hydrogen-bond donors (Lipinski definition) is 2. The van der Waals surface area contributed by atoms with Crippen molar-refractivity contribution >= 4 is 14.0 Å². The molecule has 1 atom stereocenters. The average Bonchev–Trinajstić information content (AvgIpc) is 2.52. The first-order chi connectivity index (χ1) is 11.6. The van der Waals surface area contributed by atoms with E-state index in [1.165, 1.54) is 0 Å². The van der Waals surface area contributed by atoms with E-state index in [2.05, 4.69) is 0 Å². The van der Waals surface area contributed by atoms with Gasteiger partial charge in [-0.2, -0.15) is 0 Å². The Balaban J connectivity index is 3.63. The molecule has 144 valence electrons. The normalized spacial score (nSPS) is 15.2. The fraction of sp³-hybridized carbons (Fsp3) is 0.684. The third-order valence-electron chi connectivity index (χ3n) is 3.96. The second-order valence-electron chi connectivity index (χ2n) is 7.32. The SMILES string of the molecule is CCC(N)(CN)c1ccccc1[Si](OC(C)C)(OC(C)C)OC(C)C. The Morgan fingerprint density at radius 2 is 1.36 bits per heavy atom. The van der Waals surface area contributed by atoms with Gasteiger partial charge < -0.3 is 24.7 Å². The Kier molecular flexibility index (Phi) is 8.25. The molecular weight excluding hydrogens is 332 g/mol. The first-order valence-corrected chi connectivity index (χ1v) is 10.9. The van der Waals surface area contributed by atoms with Crippen LogP contribution in [0.4, 0.5) is 0 Å². The summed E-state index contributed by atoms with van der Waals surface area (Å²) in [4.78, 5) is 0. The van der Waals surface area contributed by atoms with Crippen molar-refractivity contribution in [2.24, 2.45) is 11.5 Å². The first kappa shape index (κ1) is 22.3. The van der Waals surface area contributed by atoms with Crippen molar-refractivity contribution < 1.29 is 13.3 Å². The van der Waals surface area contributed by atoms with Gasteiger partial charge in [0.25, 0.3) is 0 Å². The molecule has 1 aromatic rings. The summed E-state index contributed by atoms with van der Waals surface area (Å²) in [6.07, 6.45) is 0.604. The van der Waals surface area contributed by atoms with Gasteiger partial charge in [-0.05, 0) is 53.5 Å². The van der Waals surface area contributed by atoms with E-state index < -0.39 is 14.3 Å². The molecule has 0 amide bonds. The van der Waals surface area contributed by atoms with Crippen molar-refractivity contribution in [1.82, 2.24) is 0 Å². The summed E-state index contributed by atoms with van der Waals surface area (Å²) in [6, 6.07) is 7.99. The number of benzene rings is 1. The van der Waals surface area contributed by atoms with Crippen LogP contribution >= 0.6 is 0 Å². The van der Waals surface area contributed by atoms with Gasteiger partial charge in [-0.25, -0.2) is 0 Å². The van der Waals surface area contributed by atoms with Crippen LogP contribution < -0.4 is 16.7 Å². The highest BCUT2D eigenvalue weighted by Gasteiger charge is 2.50. The summed E-state index contributed by atoms with van der Waals surface area (Å²) in [5.41, 5.74) is 13.0. The molecule has 0 heterocycles. The van der Waals surface area contributed by atoms with Crippen LogP contribution in [0.1, 0.15) is 60.5 Å². The van der Waals surface area contributed by atoms with E-state index in [-0.39, 0.29) is 18.3 Å². The van der Waals surface area contributed by atoms with Crippen molar-refractivity contribution in [2.75, 3.05) is 6.54 Å². The molecule has 0 bridgehead atoms. The van der Waals surface area contributed by atoms with E-state index >= 15 is 0 Å². The Bertz CT molecular complexity index is 505. The highest BCUT2D eigenvalue weighted by Crippen LogP contribution is 2.25. The molecule has 1 aromatic carbocycles. The van der Waals surface area contributed by atoms with Gasteiger partial charge in [0.1, 0.15) is 0 Å². The molecule has 6 heteroatoms. The van der Waals surface area contributed by atoms with E-state index in [1.807, 2.05) is 72.7 Å². The second-order valence-corrected chi connectivity index (χ2v) is 9.67. The molecule has 0 saturated heterocycles. The van der Waals surface area contributed by atoms with Gasteiger partial charge in [0.2, 0.25) is 0 Å². The first-order valence-electron chi connectivity index (χ1n) is 9.22. The molecular formula is C19H36N2O3Si. The van der Waals surface area contributed by atoms with Crippen LogP contribution in [-0.2, 0) is 18.8 Å². The Morgan fingerprint density at radius 3 is 1.72 bits per heavy atom. The van der Waals surface area contributed by atoms with Crippen molar-refractivity contribution in [1.29, 1.82) is 0 Å². The highest BCUT2D eigenvalue weighted by molar-refractivity contribution is 6.76. The van der Waals surface area contributed by atoms with Crippen LogP contribution in [0.3, 0.4) is 0 Å². The summed E-state index contributed by atoms with van der Waals surface area (Å²) in [6.45, 7) is 14.4. The van der Waals surface area contributed by atoms with Gasteiger partial charge in [0.15, 0.2) is 0 Å². The summed E-state index contributed by atoms with van der Waals surface area (Å²) in [5, 5.41) is 0.918. The van der Waals surface area contributed by atoms with Crippen molar-refractivity contribution in [3.05, 3.63) is 29.8 Å². The molecule has 0 aliphatic carbocycles. The van der Waals surface area contributed by atoms with Crippen LogP contribution in [0.25, 0.3) is 0 Å². The summed E-state index contributed by atoms with van der Waals surface area (Å²) in [5.74, 6) is 0. The Hall–Kier alpha value is -0.763. The van der Waals surface area contributed by atoms with Gasteiger partial charge in [-0.15, -0.1) is 0 Å². The molecule has 1 rings (SSSR count). The minimum Gasteiger partial charge on any atom is -0.367 e. The van der Waals surface area contributed by atoms with E-state index in [4.69, 9.17) is 24.7 Å². The summed E-state index contributed by atoms with van der Waals surface area (Å²) in [7, 11) is -3.18. The lowest BCUT2D eigenvalue weighted by Gasteiger charge is -2.38. The topological polar surface area (TPSA) is 79.7 Å². The zero-order valence-electron chi connectivity index (χ0n) is 16.8. The Labute approximate surface area is 154 Å². The number of nitrogens with two attached hydrogens (primary N) is 2. The number of rotatable bonds is 10.